The number of H-pyrrole nitrogens is 1. The van der Waals surface area contributed by atoms with E-state index >= 15 is 0 Å². The lowest BCUT2D eigenvalue weighted by atomic mass is 9.95. The standard InChI is InChI=1S/C28H27BrN4O3/c29-17-8-9-24-20(12-17)22(16-33(24)15-18(34)14-32-10-4-1-5-11-32)26-25(27(35)31-28(26)36)21-13-30-23-7-3-2-6-19(21)23/h2-3,6-9,12-13,16,18,30,34H,1,4-5,10-11,14-15H2,(H,31,35,36). The van der Waals surface area contributed by atoms with Crippen molar-refractivity contribution in [3.63, 3.8) is 0 Å². The number of aliphatic hydroxyl groups excluding tert-OH is 1. The quantitative estimate of drug-likeness (QED) is 0.314. The molecule has 3 N–H and O–H groups in total. The second kappa shape index (κ2) is 9.35. The van der Waals surface area contributed by atoms with Crippen molar-refractivity contribution >= 4 is 60.7 Å². The van der Waals surface area contributed by atoms with E-state index in [4.69, 9.17) is 0 Å². The Morgan fingerprint density at radius 1 is 0.917 bits per heavy atom. The van der Waals surface area contributed by atoms with Crippen molar-refractivity contribution in [3.8, 4) is 0 Å². The van der Waals surface area contributed by atoms with Crippen LogP contribution in [0.2, 0.25) is 0 Å². The Labute approximate surface area is 216 Å². The number of para-hydroxylation sites is 1. The number of aromatic amines is 1. The lowest BCUT2D eigenvalue weighted by Gasteiger charge is -2.28. The van der Waals surface area contributed by atoms with Gasteiger partial charge in [0.25, 0.3) is 11.8 Å². The Morgan fingerprint density at radius 3 is 2.47 bits per heavy atom. The number of halogens is 1. The number of fused-ring (bicyclic) bond motifs is 2. The van der Waals surface area contributed by atoms with Crippen LogP contribution in [0.5, 0.6) is 0 Å². The molecule has 0 spiro atoms. The first-order valence-electron chi connectivity index (χ1n) is 12.4. The molecule has 0 bridgehead atoms. The maximum Gasteiger partial charge on any atom is 0.259 e. The highest BCUT2D eigenvalue weighted by atomic mass is 79.9. The van der Waals surface area contributed by atoms with Crippen LogP contribution >= 0.6 is 15.9 Å². The fraction of sp³-hybridized carbons (Fsp3) is 0.286. The number of β-amino-alcohol motifs (C(OH)–C–C–N with tert-alkyl or cyclic N) is 1. The van der Waals surface area contributed by atoms with E-state index in [0.29, 0.717) is 35.4 Å². The Balaban J connectivity index is 1.46. The summed E-state index contributed by atoms with van der Waals surface area (Å²) < 4.78 is 2.88. The number of carbonyl (C=O) groups is 2. The highest BCUT2D eigenvalue weighted by Crippen LogP contribution is 2.39. The molecule has 1 unspecified atom stereocenters. The number of aliphatic hydroxyl groups is 1. The summed E-state index contributed by atoms with van der Waals surface area (Å²) in [5, 5.41) is 15.2. The van der Waals surface area contributed by atoms with Crippen LogP contribution in [-0.2, 0) is 16.1 Å². The van der Waals surface area contributed by atoms with Crippen LogP contribution < -0.4 is 5.32 Å². The normalized spacial score (nSPS) is 17.9. The van der Waals surface area contributed by atoms with Gasteiger partial charge in [-0.1, -0.05) is 40.5 Å². The number of likely N-dealkylation sites (tertiary alicyclic amines) is 1. The number of nitrogens with zero attached hydrogens (tertiary/aromatic N) is 2. The summed E-state index contributed by atoms with van der Waals surface area (Å²) in [6, 6.07) is 13.6. The van der Waals surface area contributed by atoms with Crippen molar-refractivity contribution in [2.24, 2.45) is 0 Å². The second-order valence-corrected chi connectivity index (χ2v) is 10.6. The monoisotopic (exact) mass is 546 g/mol. The zero-order valence-electron chi connectivity index (χ0n) is 19.8. The third kappa shape index (κ3) is 4.09. The van der Waals surface area contributed by atoms with Crippen LogP contribution in [0.15, 0.2) is 59.3 Å². The van der Waals surface area contributed by atoms with E-state index < -0.39 is 17.9 Å². The Bertz CT molecular complexity index is 1530. The number of piperidine rings is 1. The molecule has 2 aromatic heterocycles. The zero-order chi connectivity index (χ0) is 24.8. The molecule has 2 aliphatic heterocycles. The second-order valence-electron chi connectivity index (χ2n) is 9.65. The van der Waals surface area contributed by atoms with Gasteiger partial charge < -0.3 is 19.6 Å². The smallest absolute Gasteiger partial charge is 0.259 e. The highest BCUT2D eigenvalue weighted by molar-refractivity contribution is 9.10. The Kier molecular flexibility index (Phi) is 6.03. The van der Waals surface area contributed by atoms with Gasteiger partial charge in [0, 0.05) is 62.9 Å². The summed E-state index contributed by atoms with van der Waals surface area (Å²) in [5.74, 6) is -0.811. The van der Waals surface area contributed by atoms with Gasteiger partial charge in [0.05, 0.1) is 17.3 Å². The first-order valence-corrected chi connectivity index (χ1v) is 13.1. The first-order chi connectivity index (χ1) is 17.5. The summed E-state index contributed by atoms with van der Waals surface area (Å²) >= 11 is 3.56. The molecule has 4 aromatic rings. The van der Waals surface area contributed by atoms with Crippen molar-refractivity contribution < 1.29 is 14.7 Å². The largest absolute Gasteiger partial charge is 0.390 e. The minimum absolute atomic E-state index is 0.358. The summed E-state index contributed by atoms with van der Waals surface area (Å²) in [6.07, 6.45) is 6.74. The van der Waals surface area contributed by atoms with Crippen molar-refractivity contribution in [1.29, 1.82) is 0 Å². The number of rotatable bonds is 6. The van der Waals surface area contributed by atoms with Crippen LogP contribution in [0, 0.1) is 0 Å². The molecule has 1 atom stereocenters. The number of hydrogen-bond donors (Lipinski definition) is 3. The van der Waals surface area contributed by atoms with E-state index in [1.54, 1.807) is 6.20 Å². The summed E-state index contributed by atoms with van der Waals surface area (Å²) in [4.78, 5) is 31.8. The molecule has 6 rings (SSSR count). The van der Waals surface area contributed by atoms with Crippen LogP contribution in [-0.4, -0.2) is 57.1 Å². The average Bonchev–Trinajstić information content (AvgIpc) is 3.52. The third-order valence-corrected chi connectivity index (χ3v) is 7.72. The molecule has 2 aromatic carbocycles. The Morgan fingerprint density at radius 2 is 1.67 bits per heavy atom. The molecule has 7 nitrogen and oxygen atoms in total. The molecule has 8 heteroatoms. The molecular weight excluding hydrogens is 520 g/mol. The summed E-state index contributed by atoms with van der Waals surface area (Å²) in [5.41, 5.74) is 3.91. The molecule has 2 aliphatic rings. The van der Waals surface area contributed by atoms with Crippen LogP contribution in [0.4, 0.5) is 0 Å². The maximum absolute atomic E-state index is 13.2. The van der Waals surface area contributed by atoms with Crippen LogP contribution in [0.3, 0.4) is 0 Å². The number of hydrogen-bond acceptors (Lipinski definition) is 4. The van der Waals surface area contributed by atoms with Crippen molar-refractivity contribution in [3.05, 3.63) is 70.5 Å². The number of benzene rings is 2. The lowest BCUT2D eigenvalue weighted by Crippen LogP contribution is -2.37. The molecule has 36 heavy (non-hydrogen) atoms. The molecule has 0 saturated carbocycles. The van der Waals surface area contributed by atoms with E-state index in [1.807, 2.05) is 53.2 Å². The van der Waals surface area contributed by atoms with Crippen molar-refractivity contribution in [2.75, 3.05) is 19.6 Å². The summed E-state index contributed by atoms with van der Waals surface area (Å²) in [6.45, 7) is 3.06. The SMILES string of the molecule is O=C1NC(=O)C(c2cn(CC(O)CN3CCCCC3)c3ccc(Br)cc23)=C1c1c[nH]c2ccccc12. The van der Waals surface area contributed by atoms with Gasteiger partial charge in [-0.05, 0) is 50.2 Å². The molecular formula is C28H27BrN4O3. The fourth-order valence-corrected chi connectivity index (χ4v) is 5.95. The number of imide groups is 1. The minimum Gasteiger partial charge on any atom is -0.390 e. The van der Waals surface area contributed by atoms with Gasteiger partial charge in [-0.15, -0.1) is 0 Å². The predicted octanol–water partition coefficient (Wildman–Crippen LogP) is 4.30. The van der Waals surface area contributed by atoms with E-state index in [1.165, 1.54) is 19.3 Å². The molecule has 0 radical (unpaired) electrons. The average molecular weight is 547 g/mol. The van der Waals surface area contributed by atoms with Gasteiger partial charge in [-0.25, -0.2) is 0 Å². The molecule has 1 fully saturated rings. The third-order valence-electron chi connectivity index (χ3n) is 7.23. The number of nitrogens with one attached hydrogen (secondary N) is 2. The van der Waals surface area contributed by atoms with Crippen molar-refractivity contribution in [1.82, 2.24) is 19.8 Å². The lowest BCUT2D eigenvalue weighted by molar-refractivity contribution is -0.122. The maximum atomic E-state index is 13.2. The molecule has 1 saturated heterocycles. The number of amides is 2. The fourth-order valence-electron chi connectivity index (χ4n) is 5.59. The minimum atomic E-state index is -0.545. The Hall–Kier alpha value is -3.20. The molecule has 184 valence electrons. The van der Waals surface area contributed by atoms with Crippen molar-refractivity contribution in [2.45, 2.75) is 31.9 Å². The van der Waals surface area contributed by atoms with E-state index in [-0.39, 0.29) is 0 Å². The van der Waals surface area contributed by atoms with Gasteiger partial charge in [-0.3, -0.25) is 14.9 Å². The van der Waals surface area contributed by atoms with Crippen LogP contribution in [0.25, 0.3) is 33.0 Å². The molecule has 4 heterocycles. The highest BCUT2D eigenvalue weighted by Gasteiger charge is 2.35. The summed E-state index contributed by atoms with van der Waals surface area (Å²) in [7, 11) is 0. The first kappa shape index (κ1) is 23.2. The van der Waals surface area contributed by atoms with Gasteiger partial charge >= 0.3 is 0 Å². The van der Waals surface area contributed by atoms with E-state index in [0.717, 1.165) is 39.4 Å². The van der Waals surface area contributed by atoms with E-state index in [2.05, 4.69) is 31.1 Å². The van der Waals surface area contributed by atoms with Gasteiger partial charge in [0.2, 0.25) is 0 Å². The van der Waals surface area contributed by atoms with Gasteiger partial charge in [0.1, 0.15) is 0 Å². The van der Waals surface area contributed by atoms with Crippen LogP contribution in [0.1, 0.15) is 30.4 Å². The zero-order valence-corrected chi connectivity index (χ0v) is 21.3. The topological polar surface area (TPSA) is 90.4 Å². The predicted molar refractivity (Wildman–Crippen MR) is 144 cm³/mol. The van der Waals surface area contributed by atoms with Gasteiger partial charge in [0.15, 0.2) is 0 Å². The van der Waals surface area contributed by atoms with E-state index in [9.17, 15) is 14.7 Å². The molecule has 2 amide bonds. The number of aromatic nitrogens is 2. The van der Waals surface area contributed by atoms with Gasteiger partial charge in [-0.2, -0.15) is 0 Å². The number of carbonyl (C=O) groups excluding carboxylic acids is 2. The molecule has 0 aliphatic carbocycles.